The molecule has 2 atom stereocenters. The van der Waals surface area contributed by atoms with Crippen molar-refractivity contribution in [2.45, 2.75) is 37.9 Å². The van der Waals surface area contributed by atoms with Crippen molar-refractivity contribution in [3.05, 3.63) is 46.0 Å². The van der Waals surface area contributed by atoms with Crippen LogP contribution in [0.15, 0.2) is 29.1 Å². The molecule has 1 aliphatic rings. The molecule has 1 saturated carbocycles. The van der Waals surface area contributed by atoms with E-state index in [2.05, 4.69) is 10.3 Å². The number of aromatic amines is 1. The molecule has 0 radical (unpaired) electrons. The third-order valence-electron chi connectivity index (χ3n) is 3.92. The van der Waals surface area contributed by atoms with E-state index < -0.39 is 5.82 Å². The van der Waals surface area contributed by atoms with Gasteiger partial charge in [-0.2, -0.15) is 0 Å². The van der Waals surface area contributed by atoms with Crippen LogP contribution in [0.4, 0.5) is 4.39 Å². The molecule has 5 heteroatoms. The standard InChI is InChI=1S/C15H18FN3O/c16-13-3-1-2-12-14(20)7-11(19-15(12)13)8-18-10-5-4-9(17)6-10/h1-3,7,9-10,18H,4-6,8,17H2,(H,19,20)/t9-,10-/m1/s1. The second kappa shape index (κ2) is 5.34. The average Bonchev–Trinajstić information content (AvgIpc) is 2.84. The van der Waals surface area contributed by atoms with Crippen molar-refractivity contribution in [1.29, 1.82) is 0 Å². The Morgan fingerprint density at radius 1 is 1.40 bits per heavy atom. The van der Waals surface area contributed by atoms with Gasteiger partial charge in [-0.05, 0) is 31.4 Å². The minimum Gasteiger partial charge on any atom is -0.355 e. The van der Waals surface area contributed by atoms with Gasteiger partial charge < -0.3 is 16.0 Å². The predicted molar refractivity (Wildman–Crippen MR) is 77.0 cm³/mol. The summed E-state index contributed by atoms with van der Waals surface area (Å²) in [6.07, 6.45) is 3.03. The lowest BCUT2D eigenvalue weighted by molar-refractivity contribution is 0.512. The van der Waals surface area contributed by atoms with Gasteiger partial charge in [0.25, 0.3) is 0 Å². The van der Waals surface area contributed by atoms with E-state index in [1.165, 1.54) is 12.1 Å². The molecule has 0 spiro atoms. The highest BCUT2D eigenvalue weighted by Gasteiger charge is 2.21. The molecule has 0 unspecified atom stereocenters. The fourth-order valence-corrected chi connectivity index (χ4v) is 2.84. The normalized spacial score (nSPS) is 22.5. The van der Waals surface area contributed by atoms with E-state index in [0.29, 0.717) is 23.7 Å². The van der Waals surface area contributed by atoms with E-state index in [0.717, 1.165) is 19.3 Å². The summed E-state index contributed by atoms with van der Waals surface area (Å²) in [7, 11) is 0. The van der Waals surface area contributed by atoms with E-state index in [1.807, 2.05) is 0 Å². The summed E-state index contributed by atoms with van der Waals surface area (Å²) in [5.74, 6) is -0.399. The van der Waals surface area contributed by atoms with Crippen LogP contribution in [0.1, 0.15) is 25.0 Å². The first-order valence-electron chi connectivity index (χ1n) is 6.93. The van der Waals surface area contributed by atoms with Gasteiger partial charge in [0.1, 0.15) is 5.82 Å². The highest BCUT2D eigenvalue weighted by atomic mass is 19.1. The highest BCUT2D eigenvalue weighted by Crippen LogP contribution is 2.18. The number of para-hydroxylation sites is 1. The van der Waals surface area contributed by atoms with Crippen LogP contribution in [0.5, 0.6) is 0 Å². The van der Waals surface area contributed by atoms with Crippen molar-refractivity contribution in [1.82, 2.24) is 10.3 Å². The number of nitrogens with one attached hydrogen (secondary N) is 2. The Morgan fingerprint density at radius 3 is 3.00 bits per heavy atom. The summed E-state index contributed by atoms with van der Waals surface area (Å²) in [5, 5.41) is 3.75. The number of hydrogen-bond donors (Lipinski definition) is 3. The highest BCUT2D eigenvalue weighted by molar-refractivity contribution is 5.78. The first-order valence-corrected chi connectivity index (χ1v) is 6.93. The maximum atomic E-state index is 13.7. The Labute approximate surface area is 116 Å². The Morgan fingerprint density at radius 2 is 2.25 bits per heavy atom. The third kappa shape index (κ3) is 2.59. The largest absolute Gasteiger partial charge is 0.355 e. The van der Waals surface area contributed by atoms with Gasteiger partial charge in [0.05, 0.1) is 5.52 Å². The number of nitrogens with two attached hydrogens (primary N) is 1. The smallest absolute Gasteiger partial charge is 0.189 e. The van der Waals surface area contributed by atoms with Gasteiger partial charge in [0.2, 0.25) is 0 Å². The number of aromatic nitrogens is 1. The molecule has 0 aliphatic heterocycles. The van der Waals surface area contributed by atoms with Crippen LogP contribution >= 0.6 is 0 Å². The first-order chi connectivity index (χ1) is 9.63. The maximum Gasteiger partial charge on any atom is 0.189 e. The molecule has 4 nitrogen and oxygen atoms in total. The van der Waals surface area contributed by atoms with E-state index in [1.54, 1.807) is 12.1 Å². The van der Waals surface area contributed by atoms with Gasteiger partial charge in [-0.1, -0.05) is 6.07 Å². The van der Waals surface area contributed by atoms with Gasteiger partial charge in [-0.25, -0.2) is 4.39 Å². The van der Waals surface area contributed by atoms with E-state index >= 15 is 0 Å². The minimum atomic E-state index is -0.399. The van der Waals surface area contributed by atoms with Crippen LogP contribution in [0, 0.1) is 5.82 Å². The number of hydrogen-bond acceptors (Lipinski definition) is 3. The molecule has 0 amide bonds. The molecule has 3 rings (SSSR count). The molecule has 1 fully saturated rings. The van der Waals surface area contributed by atoms with Gasteiger partial charge >= 0.3 is 0 Å². The van der Waals surface area contributed by atoms with Gasteiger partial charge in [-0.3, -0.25) is 4.79 Å². The zero-order valence-electron chi connectivity index (χ0n) is 11.2. The SMILES string of the molecule is N[C@@H]1CC[C@@H](NCc2cc(=O)c3cccc(F)c3[nH]2)C1. The maximum absolute atomic E-state index is 13.7. The molecular weight excluding hydrogens is 257 g/mol. The van der Waals surface area contributed by atoms with E-state index in [4.69, 9.17) is 5.73 Å². The summed E-state index contributed by atoms with van der Waals surface area (Å²) in [4.78, 5) is 15.0. The van der Waals surface area contributed by atoms with Crippen LogP contribution < -0.4 is 16.5 Å². The Kier molecular flexibility index (Phi) is 3.54. The Balaban J connectivity index is 1.82. The van der Waals surface area contributed by atoms with Crippen molar-refractivity contribution in [2.75, 3.05) is 0 Å². The molecule has 1 aliphatic carbocycles. The molecule has 1 aromatic carbocycles. The average molecular weight is 275 g/mol. The Bertz CT molecular complexity index is 682. The molecule has 0 bridgehead atoms. The van der Waals surface area contributed by atoms with Gasteiger partial charge in [0.15, 0.2) is 5.43 Å². The lowest BCUT2D eigenvalue weighted by Crippen LogP contribution is -2.28. The lowest BCUT2D eigenvalue weighted by atomic mass is 10.1. The number of fused-ring (bicyclic) bond motifs is 1. The van der Waals surface area contributed by atoms with Crippen LogP contribution in [0.2, 0.25) is 0 Å². The van der Waals surface area contributed by atoms with Crippen molar-refractivity contribution in [3.8, 4) is 0 Å². The molecule has 106 valence electrons. The van der Waals surface area contributed by atoms with Crippen LogP contribution in [-0.2, 0) is 6.54 Å². The fourth-order valence-electron chi connectivity index (χ4n) is 2.84. The summed E-state index contributed by atoms with van der Waals surface area (Å²) in [6, 6.07) is 6.70. The molecule has 1 aromatic heterocycles. The zero-order valence-corrected chi connectivity index (χ0v) is 11.2. The number of H-pyrrole nitrogens is 1. The zero-order chi connectivity index (χ0) is 14.1. The van der Waals surface area contributed by atoms with Crippen LogP contribution in [0.25, 0.3) is 10.9 Å². The van der Waals surface area contributed by atoms with Crippen molar-refractivity contribution in [2.24, 2.45) is 5.73 Å². The van der Waals surface area contributed by atoms with Gasteiger partial charge in [0, 0.05) is 35.8 Å². The number of pyridine rings is 1. The summed E-state index contributed by atoms with van der Waals surface area (Å²) < 4.78 is 13.7. The van der Waals surface area contributed by atoms with Crippen molar-refractivity contribution < 1.29 is 4.39 Å². The lowest BCUT2D eigenvalue weighted by Gasteiger charge is -2.12. The molecule has 4 N–H and O–H groups in total. The quantitative estimate of drug-likeness (QED) is 0.797. The second-order valence-corrected chi connectivity index (χ2v) is 5.47. The molecule has 2 aromatic rings. The molecule has 1 heterocycles. The van der Waals surface area contributed by atoms with Gasteiger partial charge in [-0.15, -0.1) is 0 Å². The number of benzene rings is 1. The topological polar surface area (TPSA) is 70.9 Å². The van der Waals surface area contributed by atoms with Crippen molar-refractivity contribution >= 4 is 10.9 Å². The van der Waals surface area contributed by atoms with Crippen LogP contribution in [-0.4, -0.2) is 17.1 Å². The molecule has 0 saturated heterocycles. The Hall–Kier alpha value is -1.72. The number of rotatable bonds is 3. The summed E-state index contributed by atoms with van der Waals surface area (Å²) >= 11 is 0. The van der Waals surface area contributed by atoms with Crippen molar-refractivity contribution in [3.63, 3.8) is 0 Å². The number of halogens is 1. The second-order valence-electron chi connectivity index (χ2n) is 5.47. The predicted octanol–water partition coefficient (Wildman–Crippen LogP) is 1.64. The van der Waals surface area contributed by atoms with E-state index in [-0.39, 0.29) is 17.0 Å². The summed E-state index contributed by atoms with van der Waals surface area (Å²) in [6.45, 7) is 0.525. The minimum absolute atomic E-state index is 0.154. The fraction of sp³-hybridized carbons (Fsp3) is 0.400. The van der Waals surface area contributed by atoms with Crippen LogP contribution in [0.3, 0.4) is 0 Å². The summed E-state index contributed by atoms with van der Waals surface area (Å²) in [5.41, 5.74) is 6.69. The van der Waals surface area contributed by atoms with E-state index in [9.17, 15) is 9.18 Å². The third-order valence-corrected chi connectivity index (χ3v) is 3.92. The monoisotopic (exact) mass is 275 g/mol. The molecular formula is C15H18FN3O. The molecule has 20 heavy (non-hydrogen) atoms. The first kappa shape index (κ1) is 13.3.